The van der Waals surface area contributed by atoms with Gasteiger partial charge in [-0.3, -0.25) is 9.89 Å². The molecule has 2 N–H and O–H groups in total. The maximum atomic E-state index is 11.6. The summed E-state index contributed by atoms with van der Waals surface area (Å²) < 4.78 is 0.422. The largest absolute Gasteiger partial charge is 0.309 e. The van der Waals surface area contributed by atoms with Crippen molar-refractivity contribution < 1.29 is 4.79 Å². The van der Waals surface area contributed by atoms with Crippen molar-refractivity contribution in [1.82, 2.24) is 15.5 Å². The predicted molar refractivity (Wildman–Crippen MR) is 85.4 cm³/mol. The summed E-state index contributed by atoms with van der Waals surface area (Å²) in [4.78, 5) is 11.6. The number of amides is 1. The number of hydrogen-bond acceptors (Lipinski definition) is 6. The number of carbonyl (C=O) groups is 1. The molecule has 1 aromatic heterocycles. The highest BCUT2D eigenvalue weighted by atomic mass is 32.2. The number of nitrogens with one attached hydrogen (secondary N) is 2. The lowest BCUT2D eigenvalue weighted by Gasteiger charge is -2.00. The number of benzene rings is 1. The molecule has 21 heavy (non-hydrogen) atoms. The first-order chi connectivity index (χ1) is 10.1. The van der Waals surface area contributed by atoms with Gasteiger partial charge >= 0.3 is 0 Å². The third-order valence-electron chi connectivity index (χ3n) is 2.92. The highest BCUT2D eigenvalue weighted by molar-refractivity contribution is 8.24. The molecule has 0 aliphatic carbocycles. The topological polar surface area (TPSA) is 82.5 Å². The lowest BCUT2D eigenvalue weighted by atomic mass is 10.1. The second kappa shape index (κ2) is 5.74. The number of H-pyrrole nitrogens is 1. The molecule has 8 heteroatoms. The van der Waals surface area contributed by atoms with Crippen LogP contribution in [0.4, 0.5) is 5.82 Å². The van der Waals surface area contributed by atoms with Crippen molar-refractivity contribution in [2.45, 2.75) is 12.3 Å². The van der Waals surface area contributed by atoms with Gasteiger partial charge < -0.3 is 5.32 Å². The molecule has 1 aliphatic rings. The average molecular weight is 317 g/mol. The molecule has 1 fully saturated rings. The van der Waals surface area contributed by atoms with Gasteiger partial charge in [0.15, 0.2) is 0 Å². The number of carbonyl (C=O) groups excluding carboxylic acids is 1. The fourth-order valence-electron chi connectivity index (χ4n) is 1.97. The molecule has 1 amide bonds. The Labute approximate surface area is 130 Å². The van der Waals surface area contributed by atoms with Gasteiger partial charge in [0.05, 0.1) is 5.56 Å². The van der Waals surface area contributed by atoms with E-state index in [1.54, 1.807) is 0 Å². The van der Waals surface area contributed by atoms with Crippen molar-refractivity contribution in [3.05, 3.63) is 36.0 Å². The predicted octanol–water partition coefficient (Wildman–Crippen LogP) is 2.94. The molecule has 1 atom stereocenters. The van der Waals surface area contributed by atoms with Crippen molar-refractivity contribution in [1.29, 1.82) is 0 Å². The van der Waals surface area contributed by atoms with Gasteiger partial charge in [0, 0.05) is 5.69 Å². The lowest BCUT2D eigenvalue weighted by Crippen LogP contribution is -2.22. The Morgan fingerprint density at radius 3 is 2.76 bits per heavy atom. The SMILES string of the molecule is Cc1[nH]nc(N=NC2SC(=S)NC2=O)c1-c1ccccc1. The molecule has 2 heterocycles. The Bertz CT molecular complexity index is 725. The minimum absolute atomic E-state index is 0.248. The third kappa shape index (κ3) is 2.86. The number of rotatable bonds is 3. The minimum Gasteiger partial charge on any atom is -0.309 e. The van der Waals surface area contributed by atoms with E-state index < -0.39 is 5.37 Å². The molecule has 1 aromatic carbocycles. The van der Waals surface area contributed by atoms with Crippen LogP contribution < -0.4 is 5.32 Å². The van der Waals surface area contributed by atoms with Gasteiger partial charge in [-0.05, 0) is 12.5 Å². The van der Waals surface area contributed by atoms with Crippen LogP contribution in [0.1, 0.15) is 5.69 Å². The maximum absolute atomic E-state index is 11.6. The monoisotopic (exact) mass is 317 g/mol. The van der Waals surface area contributed by atoms with Crippen molar-refractivity contribution in [3.63, 3.8) is 0 Å². The van der Waals surface area contributed by atoms with Gasteiger partial charge in [0.25, 0.3) is 5.91 Å². The average Bonchev–Trinajstić information content (AvgIpc) is 3.00. The van der Waals surface area contributed by atoms with E-state index >= 15 is 0 Å². The van der Waals surface area contributed by atoms with Crippen molar-refractivity contribution >= 4 is 40.0 Å². The first kappa shape index (κ1) is 13.9. The van der Waals surface area contributed by atoms with E-state index in [0.29, 0.717) is 10.1 Å². The van der Waals surface area contributed by atoms with E-state index in [-0.39, 0.29) is 5.91 Å². The molecule has 3 rings (SSSR count). The molecule has 0 radical (unpaired) electrons. The zero-order valence-electron chi connectivity index (χ0n) is 11.0. The van der Waals surface area contributed by atoms with E-state index in [1.165, 1.54) is 11.8 Å². The molecule has 106 valence electrons. The normalized spacial score (nSPS) is 18.4. The van der Waals surface area contributed by atoms with E-state index in [4.69, 9.17) is 12.2 Å². The van der Waals surface area contributed by atoms with E-state index in [0.717, 1.165) is 16.8 Å². The molecule has 0 spiro atoms. The van der Waals surface area contributed by atoms with Crippen LogP contribution in [0, 0.1) is 6.92 Å². The van der Waals surface area contributed by atoms with Crippen molar-refractivity contribution in [2.75, 3.05) is 0 Å². The molecule has 1 saturated heterocycles. The van der Waals surface area contributed by atoms with Gasteiger partial charge in [0.1, 0.15) is 4.32 Å². The zero-order valence-corrected chi connectivity index (χ0v) is 12.7. The van der Waals surface area contributed by atoms with Crippen molar-refractivity contribution in [3.8, 4) is 11.1 Å². The Morgan fingerprint density at radius 1 is 1.33 bits per heavy atom. The number of aromatic nitrogens is 2. The summed E-state index contributed by atoms with van der Waals surface area (Å²) in [6.45, 7) is 1.92. The fraction of sp³-hybridized carbons (Fsp3) is 0.154. The summed E-state index contributed by atoms with van der Waals surface area (Å²) in [5.74, 6) is 0.215. The number of aryl methyl sites for hydroxylation is 1. The molecular formula is C13H11N5OS2. The molecule has 2 aromatic rings. The van der Waals surface area contributed by atoms with E-state index in [9.17, 15) is 4.79 Å². The van der Waals surface area contributed by atoms with E-state index in [2.05, 4.69) is 25.7 Å². The molecule has 0 bridgehead atoms. The molecule has 1 aliphatic heterocycles. The lowest BCUT2D eigenvalue weighted by molar-refractivity contribution is -0.118. The molecule has 6 nitrogen and oxygen atoms in total. The van der Waals surface area contributed by atoms with Crippen LogP contribution >= 0.6 is 24.0 Å². The number of hydrogen-bond donors (Lipinski definition) is 2. The third-order valence-corrected chi connectivity index (χ3v) is 4.15. The Hall–Kier alpha value is -2.06. The molecular weight excluding hydrogens is 306 g/mol. The first-order valence-electron chi connectivity index (χ1n) is 6.18. The van der Waals surface area contributed by atoms with Crippen LogP contribution in [0.5, 0.6) is 0 Å². The van der Waals surface area contributed by atoms with Crippen LogP contribution in [-0.4, -0.2) is 25.8 Å². The summed E-state index contributed by atoms with van der Waals surface area (Å²) >= 11 is 6.09. The highest BCUT2D eigenvalue weighted by Gasteiger charge is 2.29. The zero-order chi connectivity index (χ0) is 14.8. The van der Waals surface area contributed by atoms with Crippen LogP contribution in [0.15, 0.2) is 40.6 Å². The van der Waals surface area contributed by atoms with Gasteiger partial charge in [-0.2, -0.15) is 10.2 Å². The standard InChI is InChI=1S/C13H11N5OS2/c1-7-9(8-5-3-2-4-6-8)10(16-15-7)17-18-12-11(19)14-13(20)21-12/h2-6,12H,1H3,(H,15,16)(H,14,19,20). The quantitative estimate of drug-likeness (QED) is 0.673. The van der Waals surface area contributed by atoms with Crippen LogP contribution in [-0.2, 0) is 4.79 Å². The smallest absolute Gasteiger partial charge is 0.262 e. The summed E-state index contributed by atoms with van der Waals surface area (Å²) in [5, 5.41) is 17.1. The Morgan fingerprint density at radius 2 is 2.10 bits per heavy atom. The number of nitrogens with zero attached hydrogens (tertiary/aromatic N) is 3. The van der Waals surface area contributed by atoms with Crippen LogP contribution in [0.3, 0.4) is 0 Å². The number of thioether (sulfide) groups is 1. The van der Waals surface area contributed by atoms with Gasteiger partial charge in [0.2, 0.25) is 11.2 Å². The summed E-state index contributed by atoms with van der Waals surface area (Å²) in [6.07, 6.45) is 0. The second-order valence-electron chi connectivity index (χ2n) is 4.38. The Kier molecular flexibility index (Phi) is 3.80. The summed E-state index contributed by atoms with van der Waals surface area (Å²) in [5.41, 5.74) is 2.77. The molecule has 1 unspecified atom stereocenters. The highest BCUT2D eigenvalue weighted by Crippen LogP contribution is 2.32. The first-order valence-corrected chi connectivity index (χ1v) is 7.46. The van der Waals surface area contributed by atoms with Crippen molar-refractivity contribution in [2.24, 2.45) is 10.2 Å². The number of aromatic amines is 1. The van der Waals surface area contributed by atoms with Gasteiger partial charge in [-0.1, -0.05) is 54.3 Å². The van der Waals surface area contributed by atoms with Crippen LogP contribution in [0.25, 0.3) is 11.1 Å². The Balaban J connectivity index is 1.91. The summed E-state index contributed by atoms with van der Waals surface area (Å²) in [7, 11) is 0. The van der Waals surface area contributed by atoms with Crippen LogP contribution in [0.2, 0.25) is 0 Å². The maximum Gasteiger partial charge on any atom is 0.262 e. The number of azo groups is 1. The number of thiocarbonyl (C=S) groups is 1. The minimum atomic E-state index is -0.641. The van der Waals surface area contributed by atoms with E-state index in [1.807, 2.05) is 37.3 Å². The van der Waals surface area contributed by atoms with Gasteiger partial charge in [-0.25, -0.2) is 0 Å². The fourth-order valence-corrected chi connectivity index (χ4v) is 2.97. The van der Waals surface area contributed by atoms with Gasteiger partial charge in [-0.15, -0.1) is 5.11 Å². The molecule has 0 saturated carbocycles. The second-order valence-corrected chi connectivity index (χ2v) is 6.13. The summed E-state index contributed by atoms with van der Waals surface area (Å²) in [6, 6.07) is 9.79.